The number of halogens is 1. The molecule has 0 bridgehead atoms. The Morgan fingerprint density at radius 2 is 2.15 bits per heavy atom. The third kappa shape index (κ3) is 4.14. The second-order valence-corrected chi connectivity index (χ2v) is 6.88. The third-order valence-corrected chi connectivity index (χ3v) is 4.39. The summed E-state index contributed by atoms with van der Waals surface area (Å²) in [7, 11) is -1.25. The molecule has 0 radical (unpaired) electrons. The van der Waals surface area contributed by atoms with Crippen molar-refractivity contribution in [3.05, 3.63) is 40.9 Å². The van der Waals surface area contributed by atoms with Crippen molar-refractivity contribution in [2.75, 3.05) is 20.7 Å². The standard InChI is InChI=1S/C12H15BrN2O4S/c1-9(13)8-14-12(16)10-5-4-6-11(7-10)20(17,18)15(2)19-3/h4-7H,1,8H2,2-3H3,(H,14,16). The maximum atomic E-state index is 12.1. The Labute approximate surface area is 126 Å². The number of nitrogens with zero attached hydrogens (tertiary/aromatic N) is 1. The van der Waals surface area contributed by atoms with Crippen molar-refractivity contribution in [2.45, 2.75) is 4.90 Å². The first-order valence-corrected chi connectivity index (χ1v) is 7.77. The normalized spacial score (nSPS) is 11.4. The number of nitrogens with one attached hydrogen (secondary N) is 1. The highest BCUT2D eigenvalue weighted by atomic mass is 79.9. The topological polar surface area (TPSA) is 75.7 Å². The molecule has 8 heteroatoms. The van der Waals surface area contributed by atoms with Crippen molar-refractivity contribution in [1.82, 2.24) is 9.79 Å². The fraction of sp³-hybridized carbons (Fsp3) is 0.250. The van der Waals surface area contributed by atoms with Gasteiger partial charge in [-0.05, 0) is 18.2 Å². The highest BCUT2D eigenvalue weighted by Crippen LogP contribution is 2.16. The average molecular weight is 363 g/mol. The quantitative estimate of drug-likeness (QED) is 0.778. The lowest BCUT2D eigenvalue weighted by molar-refractivity contribution is -0.0258. The highest BCUT2D eigenvalue weighted by Gasteiger charge is 2.21. The smallest absolute Gasteiger partial charge is 0.264 e. The minimum absolute atomic E-state index is 0.0211. The van der Waals surface area contributed by atoms with E-state index in [1.807, 2.05) is 0 Å². The predicted molar refractivity (Wildman–Crippen MR) is 78.8 cm³/mol. The molecular weight excluding hydrogens is 348 g/mol. The minimum atomic E-state index is -3.77. The van der Waals surface area contributed by atoms with E-state index in [4.69, 9.17) is 0 Å². The van der Waals surface area contributed by atoms with Crippen LogP contribution in [0.4, 0.5) is 0 Å². The highest BCUT2D eigenvalue weighted by molar-refractivity contribution is 9.11. The number of carbonyl (C=O) groups excluding carboxylic acids is 1. The first kappa shape index (κ1) is 16.8. The van der Waals surface area contributed by atoms with E-state index in [0.29, 0.717) is 4.48 Å². The zero-order valence-electron chi connectivity index (χ0n) is 11.1. The summed E-state index contributed by atoms with van der Waals surface area (Å²) in [4.78, 5) is 16.5. The van der Waals surface area contributed by atoms with Crippen LogP contribution in [-0.4, -0.2) is 39.5 Å². The molecule has 1 N–H and O–H groups in total. The molecule has 0 spiro atoms. The van der Waals surface area contributed by atoms with Crippen molar-refractivity contribution in [1.29, 1.82) is 0 Å². The van der Waals surface area contributed by atoms with Gasteiger partial charge in [-0.3, -0.25) is 9.63 Å². The molecule has 0 unspecified atom stereocenters. The summed E-state index contributed by atoms with van der Waals surface area (Å²) in [5, 5.41) is 2.60. The van der Waals surface area contributed by atoms with E-state index in [0.717, 1.165) is 4.47 Å². The molecule has 1 aromatic rings. The number of amides is 1. The molecule has 0 atom stereocenters. The van der Waals surface area contributed by atoms with Crippen molar-refractivity contribution in [3.8, 4) is 0 Å². The van der Waals surface area contributed by atoms with Gasteiger partial charge in [0.1, 0.15) is 0 Å². The Morgan fingerprint density at radius 1 is 1.50 bits per heavy atom. The van der Waals surface area contributed by atoms with Gasteiger partial charge in [-0.1, -0.05) is 33.0 Å². The molecule has 20 heavy (non-hydrogen) atoms. The van der Waals surface area contributed by atoms with Crippen molar-refractivity contribution in [2.24, 2.45) is 0 Å². The van der Waals surface area contributed by atoms with E-state index in [9.17, 15) is 13.2 Å². The number of benzene rings is 1. The molecule has 0 fully saturated rings. The van der Waals surface area contributed by atoms with E-state index in [2.05, 4.69) is 32.7 Å². The number of hydrogen-bond donors (Lipinski definition) is 1. The Kier molecular flexibility index (Phi) is 5.88. The summed E-state index contributed by atoms with van der Waals surface area (Å²) >= 11 is 3.12. The molecule has 110 valence electrons. The SMILES string of the molecule is C=C(Br)CNC(=O)c1cccc(S(=O)(=O)N(C)OC)c1. The number of carbonyl (C=O) groups is 1. The average Bonchev–Trinajstić information content (AvgIpc) is 2.43. The van der Waals surface area contributed by atoms with Crippen LogP contribution in [0.1, 0.15) is 10.4 Å². The van der Waals surface area contributed by atoms with Crippen LogP contribution in [0, 0.1) is 0 Å². The van der Waals surface area contributed by atoms with Gasteiger partial charge >= 0.3 is 0 Å². The zero-order valence-corrected chi connectivity index (χ0v) is 13.5. The van der Waals surface area contributed by atoms with E-state index in [1.54, 1.807) is 0 Å². The van der Waals surface area contributed by atoms with Crippen LogP contribution < -0.4 is 5.32 Å². The van der Waals surface area contributed by atoms with E-state index < -0.39 is 10.0 Å². The summed E-state index contributed by atoms with van der Waals surface area (Å²) in [6, 6.07) is 5.70. The molecule has 0 heterocycles. The minimum Gasteiger partial charge on any atom is -0.347 e. The monoisotopic (exact) mass is 362 g/mol. The molecule has 0 aliphatic carbocycles. The second kappa shape index (κ2) is 6.98. The summed E-state index contributed by atoms with van der Waals surface area (Å²) < 4.78 is 25.4. The lowest BCUT2D eigenvalue weighted by Gasteiger charge is -2.14. The van der Waals surface area contributed by atoms with Crippen LogP contribution in [-0.2, 0) is 14.9 Å². The van der Waals surface area contributed by atoms with Crippen molar-refractivity contribution >= 4 is 31.9 Å². The molecule has 1 rings (SSSR count). The van der Waals surface area contributed by atoms with Gasteiger partial charge in [0.05, 0.1) is 12.0 Å². The van der Waals surface area contributed by atoms with Crippen LogP contribution in [0.3, 0.4) is 0 Å². The Morgan fingerprint density at radius 3 is 2.70 bits per heavy atom. The number of rotatable bonds is 6. The molecule has 0 saturated carbocycles. The summed E-state index contributed by atoms with van der Waals surface area (Å²) in [6.07, 6.45) is 0. The number of sulfonamides is 1. The summed E-state index contributed by atoms with van der Waals surface area (Å²) in [5.74, 6) is -0.386. The first-order valence-electron chi connectivity index (χ1n) is 5.53. The summed E-state index contributed by atoms with van der Waals surface area (Å²) in [6.45, 7) is 3.85. The van der Waals surface area contributed by atoms with E-state index in [1.165, 1.54) is 38.4 Å². The van der Waals surface area contributed by atoms with Crippen LogP contribution in [0.25, 0.3) is 0 Å². The first-order chi connectivity index (χ1) is 9.28. The van der Waals surface area contributed by atoms with Gasteiger partial charge in [0.15, 0.2) is 0 Å². The zero-order chi connectivity index (χ0) is 15.3. The number of hydroxylamine groups is 1. The second-order valence-electron chi connectivity index (χ2n) is 3.83. The largest absolute Gasteiger partial charge is 0.347 e. The maximum absolute atomic E-state index is 12.1. The predicted octanol–water partition coefficient (Wildman–Crippen LogP) is 1.51. The third-order valence-electron chi connectivity index (χ3n) is 2.43. The fourth-order valence-corrected chi connectivity index (χ4v) is 2.48. The molecule has 1 aromatic carbocycles. The Balaban J connectivity index is 3.02. The van der Waals surface area contributed by atoms with E-state index >= 15 is 0 Å². The molecule has 0 saturated heterocycles. The van der Waals surface area contributed by atoms with Gasteiger partial charge in [0, 0.05) is 23.6 Å². The van der Waals surface area contributed by atoms with Gasteiger partial charge in [-0.2, -0.15) is 0 Å². The lowest BCUT2D eigenvalue weighted by atomic mass is 10.2. The van der Waals surface area contributed by atoms with Crippen LogP contribution in [0.2, 0.25) is 0 Å². The van der Waals surface area contributed by atoms with Gasteiger partial charge in [-0.15, -0.1) is 0 Å². The van der Waals surface area contributed by atoms with Crippen molar-refractivity contribution in [3.63, 3.8) is 0 Å². The van der Waals surface area contributed by atoms with Crippen LogP contribution in [0.5, 0.6) is 0 Å². The van der Waals surface area contributed by atoms with Gasteiger partial charge in [0.25, 0.3) is 15.9 Å². The molecule has 1 amide bonds. The van der Waals surface area contributed by atoms with Gasteiger partial charge in [0.2, 0.25) is 0 Å². The van der Waals surface area contributed by atoms with Crippen LogP contribution >= 0.6 is 15.9 Å². The molecular formula is C12H15BrN2O4S. The summed E-state index contributed by atoms with van der Waals surface area (Å²) in [5.41, 5.74) is 0.240. The molecule has 6 nitrogen and oxygen atoms in total. The van der Waals surface area contributed by atoms with Gasteiger partial charge < -0.3 is 5.32 Å². The fourth-order valence-electron chi connectivity index (χ4n) is 1.32. The van der Waals surface area contributed by atoms with E-state index in [-0.39, 0.29) is 22.9 Å². The van der Waals surface area contributed by atoms with Gasteiger partial charge in [-0.25, -0.2) is 8.42 Å². The Bertz CT molecular complexity index is 616. The van der Waals surface area contributed by atoms with Crippen molar-refractivity contribution < 1.29 is 18.0 Å². The molecule has 0 aromatic heterocycles. The lowest BCUT2D eigenvalue weighted by Crippen LogP contribution is -2.27. The molecule has 0 aliphatic heterocycles. The maximum Gasteiger partial charge on any atom is 0.264 e. The number of hydrogen-bond acceptors (Lipinski definition) is 4. The van der Waals surface area contributed by atoms with Crippen LogP contribution in [0.15, 0.2) is 40.2 Å². The Hall–Kier alpha value is -1.22. The molecule has 0 aliphatic rings.